The van der Waals surface area contributed by atoms with Gasteiger partial charge >= 0.3 is 0 Å². The molecule has 3 nitrogen and oxygen atoms in total. The molecule has 0 saturated heterocycles. The minimum Gasteiger partial charge on any atom is -0.633 e. The number of hydroxylamine groups is 3. The number of nitrogens with zero attached hydrogens (tertiary/aromatic N) is 1. The van der Waals surface area contributed by atoms with E-state index < -0.39 is 0 Å². The van der Waals surface area contributed by atoms with Gasteiger partial charge in [-0.2, -0.15) is 0 Å². The Balaban J connectivity index is 4.01. The third-order valence-electron chi connectivity index (χ3n) is 2.15. The number of rotatable bonds is 4. The molecule has 2 atom stereocenters. The molecule has 0 aromatic carbocycles. The van der Waals surface area contributed by atoms with Gasteiger partial charge in [0, 0.05) is 0 Å². The average molecular weight is 175 g/mol. The van der Waals surface area contributed by atoms with Crippen molar-refractivity contribution < 1.29 is 9.38 Å². The zero-order valence-corrected chi connectivity index (χ0v) is 9.00. The van der Waals surface area contributed by atoms with Crippen LogP contribution in [0, 0.1) is 5.21 Å². The molecule has 0 bridgehead atoms. The van der Waals surface area contributed by atoms with Crippen LogP contribution in [0.1, 0.15) is 27.7 Å². The van der Waals surface area contributed by atoms with E-state index >= 15 is 0 Å². The van der Waals surface area contributed by atoms with E-state index in [-0.39, 0.29) is 22.9 Å². The molecule has 0 heterocycles. The lowest BCUT2D eigenvalue weighted by Crippen LogP contribution is -2.48. The van der Waals surface area contributed by atoms with Gasteiger partial charge in [0.05, 0.1) is 20.2 Å². The Morgan fingerprint density at radius 2 is 1.50 bits per heavy atom. The van der Waals surface area contributed by atoms with Gasteiger partial charge in [0.15, 0.2) is 0 Å². The van der Waals surface area contributed by atoms with Gasteiger partial charge in [-0.25, -0.2) is 0 Å². The summed E-state index contributed by atoms with van der Waals surface area (Å²) < 4.78 is 5.23. The van der Waals surface area contributed by atoms with Gasteiger partial charge < -0.3 is 14.6 Å². The maximum absolute atomic E-state index is 11.5. The zero-order chi connectivity index (χ0) is 9.94. The van der Waals surface area contributed by atoms with E-state index in [2.05, 4.69) is 0 Å². The number of hydrogen-bond acceptors (Lipinski definition) is 2. The molecule has 0 aromatic rings. The van der Waals surface area contributed by atoms with Crippen molar-refractivity contribution in [2.24, 2.45) is 0 Å². The maximum atomic E-state index is 11.5. The third-order valence-corrected chi connectivity index (χ3v) is 2.15. The Kier molecular flexibility index (Phi) is 4.17. The summed E-state index contributed by atoms with van der Waals surface area (Å²) in [6, 6.07) is -0.0209. The Labute approximate surface area is 75.5 Å². The molecular weight excluding hydrogens is 154 g/mol. The van der Waals surface area contributed by atoms with Crippen molar-refractivity contribution in [1.82, 2.24) is 0 Å². The molecular formula is C9H21NO2. The molecule has 0 aliphatic rings. The lowest BCUT2D eigenvalue weighted by Gasteiger charge is -2.42. The van der Waals surface area contributed by atoms with Crippen molar-refractivity contribution >= 4 is 0 Å². The van der Waals surface area contributed by atoms with Crippen LogP contribution in [0.2, 0.25) is 0 Å². The molecule has 12 heavy (non-hydrogen) atoms. The number of quaternary nitrogens is 1. The van der Waals surface area contributed by atoms with E-state index in [0.29, 0.717) is 0 Å². The summed E-state index contributed by atoms with van der Waals surface area (Å²) in [5.74, 6) is 0. The zero-order valence-electron chi connectivity index (χ0n) is 9.00. The molecule has 2 unspecified atom stereocenters. The Bertz CT molecular complexity index is 129. The van der Waals surface area contributed by atoms with Crippen molar-refractivity contribution in [3.8, 4) is 0 Å². The molecule has 0 aliphatic heterocycles. The molecule has 0 amide bonds. The molecule has 0 fully saturated rings. The topological polar surface area (TPSA) is 32.3 Å². The fraction of sp³-hybridized carbons (Fsp3) is 1.00. The summed E-state index contributed by atoms with van der Waals surface area (Å²) in [5, 5.41) is 11.5. The predicted molar refractivity (Wildman–Crippen MR) is 50.6 cm³/mol. The van der Waals surface area contributed by atoms with Crippen LogP contribution in [0.15, 0.2) is 0 Å². The highest BCUT2D eigenvalue weighted by Crippen LogP contribution is 2.12. The van der Waals surface area contributed by atoms with Crippen LogP contribution in [0.25, 0.3) is 0 Å². The van der Waals surface area contributed by atoms with Gasteiger partial charge in [-0.05, 0) is 27.7 Å². The summed E-state index contributed by atoms with van der Waals surface area (Å²) in [7, 11) is 3.29. The first-order chi connectivity index (χ1) is 5.25. The van der Waals surface area contributed by atoms with Gasteiger partial charge in [-0.15, -0.1) is 0 Å². The summed E-state index contributed by atoms with van der Waals surface area (Å²) >= 11 is 0. The van der Waals surface area contributed by atoms with Crippen molar-refractivity contribution in [3.05, 3.63) is 5.21 Å². The summed E-state index contributed by atoms with van der Waals surface area (Å²) in [5.41, 5.74) is 0. The largest absolute Gasteiger partial charge is 0.633 e. The van der Waals surface area contributed by atoms with E-state index in [0.717, 1.165) is 0 Å². The van der Waals surface area contributed by atoms with E-state index in [1.807, 2.05) is 27.7 Å². The molecule has 0 N–H and O–H groups in total. The van der Waals surface area contributed by atoms with Gasteiger partial charge in [0.25, 0.3) is 0 Å². The highest BCUT2D eigenvalue weighted by molar-refractivity contribution is 4.62. The molecule has 3 heteroatoms. The SMILES string of the molecule is CC(C)OC(C)C(C)[N+](C)(C)[O-]. The van der Waals surface area contributed by atoms with Crippen LogP contribution in [0.5, 0.6) is 0 Å². The number of likely N-dealkylation sites (N-methyl/N-ethyl adjacent to an activating group) is 1. The second kappa shape index (κ2) is 4.21. The fourth-order valence-corrected chi connectivity index (χ4v) is 1.05. The Hall–Kier alpha value is -0.120. The van der Waals surface area contributed by atoms with Gasteiger partial charge in [-0.1, -0.05) is 0 Å². The van der Waals surface area contributed by atoms with E-state index in [1.54, 1.807) is 14.1 Å². The average Bonchev–Trinajstić information content (AvgIpc) is 1.82. The monoisotopic (exact) mass is 175 g/mol. The molecule has 0 aliphatic carbocycles. The molecule has 74 valence electrons. The van der Waals surface area contributed by atoms with Gasteiger partial charge in [0.2, 0.25) is 0 Å². The van der Waals surface area contributed by atoms with Crippen LogP contribution in [0.4, 0.5) is 0 Å². The summed E-state index contributed by atoms with van der Waals surface area (Å²) in [6.07, 6.45) is 0.200. The smallest absolute Gasteiger partial charge is 0.112 e. The third kappa shape index (κ3) is 4.04. The van der Waals surface area contributed by atoms with E-state index in [1.165, 1.54) is 0 Å². The lowest BCUT2D eigenvalue weighted by molar-refractivity contribution is -0.868. The van der Waals surface area contributed by atoms with Gasteiger partial charge in [0.1, 0.15) is 12.1 Å². The van der Waals surface area contributed by atoms with E-state index in [9.17, 15) is 5.21 Å². The highest BCUT2D eigenvalue weighted by Gasteiger charge is 2.23. The van der Waals surface area contributed by atoms with Gasteiger partial charge in [-0.3, -0.25) is 0 Å². The van der Waals surface area contributed by atoms with Crippen molar-refractivity contribution in [1.29, 1.82) is 0 Å². The molecule has 0 radical (unpaired) electrons. The molecule has 0 spiro atoms. The highest BCUT2D eigenvalue weighted by atomic mass is 16.6. The van der Waals surface area contributed by atoms with Crippen LogP contribution >= 0.6 is 0 Å². The molecule has 0 rings (SSSR count). The molecule has 0 saturated carbocycles. The quantitative estimate of drug-likeness (QED) is 0.482. The van der Waals surface area contributed by atoms with Crippen molar-refractivity contribution in [2.75, 3.05) is 14.1 Å². The Morgan fingerprint density at radius 3 is 1.75 bits per heavy atom. The summed E-state index contributed by atoms with van der Waals surface area (Å²) in [4.78, 5) is 0. The lowest BCUT2D eigenvalue weighted by atomic mass is 10.2. The van der Waals surface area contributed by atoms with Crippen LogP contribution in [0.3, 0.4) is 0 Å². The molecule has 0 aromatic heterocycles. The van der Waals surface area contributed by atoms with Crippen molar-refractivity contribution in [2.45, 2.75) is 45.9 Å². The number of ether oxygens (including phenoxy) is 1. The second-order valence-electron chi connectivity index (χ2n) is 4.06. The normalized spacial score (nSPS) is 18.0. The van der Waals surface area contributed by atoms with Crippen LogP contribution in [-0.4, -0.2) is 37.0 Å². The first kappa shape index (κ1) is 11.9. The fourth-order valence-electron chi connectivity index (χ4n) is 1.05. The number of hydrogen-bond donors (Lipinski definition) is 0. The standard InChI is InChI=1S/C9H21NO2/c1-7(2)12-9(4)8(3)10(5,6)11/h7-9H,1-6H3. The first-order valence-electron chi connectivity index (χ1n) is 4.45. The minimum absolute atomic E-state index is 0.0116. The maximum Gasteiger partial charge on any atom is 0.112 e. The van der Waals surface area contributed by atoms with Crippen LogP contribution < -0.4 is 0 Å². The predicted octanol–water partition coefficient (Wildman–Crippen LogP) is 1.76. The first-order valence-corrected chi connectivity index (χ1v) is 4.45. The minimum atomic E-state index is -0.298. The Morgan fingerprint density at radius 1 is 1.08 bits per heavy atom. The van der Waals surface area contributed by atoms with Crippen molar-refractivity contribution in [3.63, 3.8) is 0 Å². The summed E-state index contributed by atoms with van der Waals surface area (Å²) in [6.45, 7) is 7.82. The second-order valence-corrected chi connectivity index (χ2v) is 4.06. The van der Waals surface area contributed by atoms with E-state index in [4.69, 9.17) is 4.74 Å². The van der Waals surface area contributed by atoms with Crippen LogP contribution in [-0.2, 0) is 4.74 Å².